The first-order valence-corrected chi connectivity index (χ1v) is 2.93. The standard InChI is InChI=1S/C5H13N3/c6-4-1-2-5(7,8)3-4/h4H,1-3,6-8H2. The maximum absolute atomic E-state index is 5.57. The average molecular weight is 115 g/mol. The van der Waals surface area contributed by atoms with Crippen LogP contribution in [0.5, 0.6) is 0 Å². The Morgan fingerprint density at radius 3 is 2.12 bits per heavy atom. The Morgan fingerprint density at radius 1 is 1.38 bits per heavy atom. The second kappa shape index (κ2) is 1.69. The van der Waals surface area contributed by atoms with Gasteiger partial charge >= 0.3 is 0 Å². The van der Waals surface area contributed by atoms with Crippen LogP contribution in [0.4, 0.5) is 0 Å². The van der Waals surface area contributed by atoms with Crippen molar-refractivity contribution in [3.8, 4) is 0 Å². The molecule has 1 unspecified atom stereocenters. The Morgan fingerprint density at radius 2 is 2.00 bits per heavy atom. The van der Waals surface area contributed by atoms with E-state index in [4.69, 9.17) is 17.2 Å². The molecular formula is C5H13N3. The van der Waals surface area contributed by atoms with Gasteiger partial charge in [0.1, 0.15) is 0 Å². The summed E-state index contributed by atoms with van der Waals surface area (Å²) in [4.78, 5) is 0. The summed E-state index contributed by atoms with van der Waals surface area (Å²) in [6, 6.07) is 0.241. The van der Waals surface area contributed by atoms with Crippen LogP contribution in [0.15, 0.2) is 0 Å². The molecule has 0 saturated heterocycles. The fraction of sp³-hybridized carbons (Fsp3) is 1.00. The Labute approximate surface area is 49.2 Å². The molecule has 0 amide bonds. The van der Waals surface area contributed by atoms with E-state index in [1.54, 1.807) is 0 Å². The molecule has 0 heterocycles. The third-order valence-electron chi connectivity index (χ3n) is 1.62. The molecule has 3 nitrogen and oxygen atoms in total. The zero-order chi connectivity index (χ0) is 6.20. The van der Waals surface area contributed by atoms with Gasteiger partial charge in [-0.3, -0.25) is 0 Å². The minimum absolute atomic E-state index is 0.241. The fourth-order valence-electron chi connectivity index (χ4n) is 1.15. The first-order chi connectivity index (χ1) is 3.60. The minimum atomic E-state index is -0.459. The summed E-state index contributed by atoms with van der Waals surface area (Å²) in [6.45, 7) is 0. The summed E-state index contributed by atoms with van der Waals surface area (Å²) < 4.78 is 0. The number of hydrogen-bond acceptors (Lipinski definition) is 3. The van der Waals surface area contributed by atoms with Gasteiger partial charge in [0.2, 0.25) is 0 Å². The van der Waals surface area contributed by atoms with Gasteiger partial charge in [-0.25, -0.2) is 0 Å². The molecule has 0 spiro atoms. The van der Waals surface area contributed by atoms with Crippen LogP contribution in [0.25, 0.3) is 0 Å². The monoisotopic (exact) mass is 115 g/mol. The van der Waals surface area contributed by atoms with Crippen LogP contribution in [0.1, 0.15) is 19.3 Å². The van der Waals surface area contributed by atoms with Gasteiger partial charge in [0.25, 0.3) is 0 Å². The third-order valence-corrected chi connectivity index (χ3v) is 1.62. The van der Waals surface area contributed by atoms with E-state index < -0.39 is 5.66 Å². The van der Waals surface area contributed by atoms with E-state index in [2.05, 4.69) is 0 Å². The third kappa shape index (κ3) is 1.18. The van der Waals surface area contributed by atoms with Crippen LogP contribution in [0, 0.1) is 0 Å². The van der Waals surface area contributed by atoms with Crippen LogP contribution in [-0.2, 0) is 0 Å². The van der Waals surface area contributed by atoms with Gasteiger partial charge in [-0.05, 0) is 19.3 Å². The van der Waals surface area contributed by atoms with E-state index in [1.807, 2.05) is 0 Å². The number of nitrogens with two attached hydrogens (primary N) is 3. The molecule has 0 aromatic rings. The van der Waals surface area contributed by atoms with Gasteiger partial charge in [-0.2, -0.15) is 0 Å². The lowest BCUT2D eigenvalue weighted by Crippen LogP contribution is -2.47. The molecule has 0 radical (unpaired) electrons. The van der Waals surface area contributed by atoms with Crippen molar-refractivity contribution in [3.05, 3.63) is 0 Å². The molecule has 1 atom stereocenters. The minimum Gasteiger partial charge on any atom is -0.328 e. The van der Waals surface area contributed by atoms with Crippen molar-refractivity contribution in [1.82, 2.24) is 0 Å². The van der Waals surface area contributed by atoms with Crippen LogP contribution in [0.3, 0.4) is 0 Å². The van der Waals surface area contributed by atoms with Crippen molar-refractivity contribution < 1.29 is 0 Å². The van der Waals surface area contributed by atoms with E-state index >= 15 is 0 Å². The van der Waals surface area contributed by atoms with E-state index in [0.29, 0.717) is 0 Å². The largest absolute Gasteiger partial charge is 0.328 e. The Kier molecular flexibility index (Phi) is 1.27. The zero-order valence-electron chi connectivity index (χ0n) is 4.93. The molecule has 48 valence electrons. The summed E-state index contributed by atoms with van der Waals surface area (Å²) >= 11 is 0. The quantitative estimate of drug-likeness (QED) is 0.358. The van der Waals surface area contributed by atoms with Crippen molar-refractivity contribution in [1.29, 1.82) is 0 Å². The first kappa shape index (κ1) is 6.01. The van der Waals surface area contributed by atoms with E-state index in [-0.39, 0.29) is 6.04 Å². The average Bonchev–Trinajstić information content (AvgIpc) is 1.82. The normalized spacial score (nSPS) is 35.6. The molecule has 1 saturated carbocycles. The van der Waals surface area contributed by atoms with Gasteiger partial charge < -0.3 is 17.2 Å². The first-order valence-electron chi connectivity index (χ1n) is 2.93. The SMILES string of the molecule is NC1CCC(N)(N)C1. The Hall–Kier alpha value is -0.120. The topological polar surface area (TPSA) is 78.1 Å². The Balaban J connectivity index is 2.44. The van der Waals surface area contributed by atoms with Crippen LogP contribution >= 0.6 is 0 Å². The maximum atomic E-state index is 5.57. The molecule has 6 N–H and O–H groups in total. The smallest absolute Gasteiger partial charge is 0.0652 e. The molecule has 1 fully saturated rings. The highest BCUT2D eigenvalue weighted by molar-refractivity contribution is 4.89. The highest BCUT2D eigenvalue weighted by Crippen LogP contribution is 2.20. The van der Waals surface area contributed by atoms with Crippen molar-refractivity contribution in [2.75, 3.05) is 0 Å². The van der Waals surface area contributed by atoms with E-state index in [0.717, 1.165) is 19.3 Å². The number of hydrogen-bond donors (Lipinski definition) is 3. The van der Waals surface area contributed by atoms with Crippen LogP contribution < -0.4 is 17.2 Å². The van der Waals surface area contributed by atoms with Crippen molar-refractivity contribution in [2.45, 2.75) is 31.0 Å². The predicted octanol–water partition coefficient (Wildman–Crippen LogP) is -0.889. The molecular weight excluding hydrogens is 102 g/mol. The molecule has 0 aliphatic heterocycles. The summed E-state index contributed by atoms with van der Waals surface area (Å²) in [5.41, 5.74) is 16.2. The summed E-state index contributed by atoms with van der Waals surface area (Å²) in [5.74, 6) is 0. The van der Waals surface area contributed by atoms with Gasteiger partial charge in [-0.1, -0.05) is 0 Å². The van der Waals surface area contributed by atoms with Gasteiger partial charge in [0.15, 0.2) is 0 Å². The second-order valence-electron chi connectivity index (χ2n) is 2.74. The van der Waals surface area contributed by atoms with Crippen LogP contribution in [-0.4, -0.2) is 11.7 Å². The highest BCUT2D eigenvalue weighted by Gasteiger charge is 2.29. The van der Waals surface area contributed by atoms with Crippen LogP contribution in [0.2, 0.25) is 0 Å². The lowest BCUT2D eigenvalue weighted by molar-refractivity contribution is 0.452. The lowest BCUT2D eigenvalue weighted by atomic mass is 10.1. The predicted molar refractivity (Wildman–Crippen MR) is 32.9 cm³/mol. The Bertz CT molecular complexity index is 89.7. The molecule has 8 heavy (non-hydrogen) atoms. The maximum Gasteiger partial charge on any atom is 0.0652 e. The van der Waals surface area contributed by atoms with Crippen molar-refractivity contribution in [2.24, 2.45) is 17.2 Å². The molecule has 1 aliphatic carbocycles. The second-order valence-corrected chi connectivity index (χ2v) is 2.74. The van der Waals surface area contributed by atoms with Crippen molar-refractivity contribution >= 4 is 0 Å². The summed E-state index contributed by atoms with van der Waals surface area (Å²) in [7, 11) is 0. The molecule has 1 aliphatic rings. The number of rotatable bonds is 0. The molecule has 3 heteroatoms. The lowest BCUT2D eigenvalue weighted by Gasteiger charge is -2.15. The zero-order valence-corrected chi connectivity index (χ0v) is 4.93. The molecule has 1 rings (SSSR count). The van der Waals surface area contributed by atoms with E-state index in [1.165, 1.54) is 0 Å². The summed E-state index contributed by atoms with van der Waals surface area (Å²) in [5, 5.41) is 0. The van der Waals surface area contributed by atoms with Gasteiger partial charge in [0.05, 0.1) is 5.66 Å². The summed E-state index contributed by atoms with van der Waals surface area (Å²) in [6.07, 6.45) is 2.62. The van der Waals surface area contributed by atoms with Gasteiger partial charge in [-0.15, -0.1) is 0 Å². The fourth-order valence-corrected chi connectivity index (χ4v) is 1.15. The van der Waals surface area contributed by atoms with Crippen molar-refractivity contribution in [3.63, 3.8) is 0 Å². The van der Waals surface area contributed by atoms with Gasteiger partial charge in [0, 0.05) is 6.04 Å². The van der Waals surface area contributed by atoms with E-state index in [9.17, 15) is 0 Å². The highest BCUT2D eigenvalue weighted by atomic mass is 15.0. The molecule has 0 bridgehead atoms. The molecule has 0 aromatic heterocycles. The molecule has 0 aromatic carbocycles.